The molecule has 1 aliphatic carbocycles. The lowest BCUT2D eigenvalue weighted by Gasteiger charge is -2.31. The predicted octanol–water partition coefficient (Wildman–Crippen LogP) is 4.55. The quantitative estimate of drug-likeness (QED) is 0.638. The summed E-state index contributed by atoms with van der Waals surface area (Å²) in [6, 6.07) is 3.59. The molecule has 1 aliphatic heterocycles. The van der Waals surface area contributed by atoms with E-state index in [9.17, 15) is 14.9 Å². The highest BCUT2D eigenvalue weighted by Gasteiger charge is 2.31. The van der Waals surface area contributed by atoms with Crippen molar-refractivity contribution in [2.45, 2.75) is 70.6 Å². The summed E-state index contributed by atoms with van der Waals surface area (Å²) in [5.74, 6) is 1.99. The van der Waals surface area contributed by atoms with Gasteiger partial charge in [-0.25, -0.2) is 4.98 Å². The maximum Gasteiger partial charge on any atom is 0.234 e. The third kappa shape index (κ3) is 5.47. The van der Waals surface area contributed by atoms with Crippen molar-refractivity contribution in [3.8, 4) is 6.07 Å². The molecule has 2 N–H and O–H groups in total. The van der Waals surface area contributed by atoms with Crippen molar-refractivity contribution >= 4 is 17.5 Å². The molecule has 1 saturated carbocycles. The summed E-state index contributed by atoms with van der Waals surface area (Å²) in [5, 5.41) is 12.4. The van der Waals surface area contributed by atoms with Gasteiger partial charge in [-0.2, -0.15) is 5.26 Å². The Kier molecular flexibility index (Phi) is 7.48. The van der Waals surface area contributed by atoms with E-state index >= 15 is 0 Å². The van der Waals surface area contributed by atoms with E-state index in [1.165, 1.54) is 50.6 Å². The van der Waals surface area contributed by atoms with E-state index < -0.39 is 0 Å². The van der Waals surface area contributed by atoms with Gasteiger partial charge >= 0.3 is 0 Å². The highest BCUT2D eigenvalue weighted by atomic mass is 16.4. The summed E-state index contributed by atoms with van der Waals surface area (Å²) in [5.41, 5.74) is 0.393. The standard InChI is InChI=1S/C25H33N5O3/c1-2-3-4-17-5-7-19(8-6-17)24-29-20(15-26)25(33-24)30-13-10-18(11-14-30)23(32)28-21-16-27-12-9-22(21)31/h9,12,16-19H,2-8,10-11,13-14H2,1H3,(H,27,31)(H,28,32). The summed E-state index contributed by atoms with van der Waals surface area (Å²) >= 11 is 0. The van der Waals surface area contributed by atoms with Gasteiger partial charge in [-0.05, 0) is 44.4 Å². The van der Waals surface area contributed by atoms with Crippen LogP contribution in [0.2, 0.25) is 0 Å². The van der Waals surface area contributed by atoms with Crippen molar-refractivity contribution in [2.75, 3.05) is 23.3 Å². The molecule has 2 aliphatic rings. The summed E-state index contributed by atoms with van der Waals surface area (Å²) in [7, 11) is 0. The van der Waals surface area contributed by atoms with Crippen molar-refractivity contribution < 1.29 is 9.21 Å². The number of carbonyl (C=O) groups is 1. The molecule has 4 rings (SSSR count). The van der Waals surface area contributed by atoms with Crippen molar-refractivity contribution in [1.82, 2.24) is 9.97 Å². The van der Waals surface area contributed by atoms with Crippen LogP contribution < -0.4 is 15.6 Å². The minimum Gasteiger partial charge on any atom is -0.423 e. The molecule has 8 nitrogen and oxygen atoms in total. The molecular weight excluding hydrogens is 418 g/mol. The van der Waals surface area contributed by atoms with Gasteiger partial charge in [0, 0.05) is 43.4 Å². The number of nitriles is 1. The van der Waals surface area contributed by atoms with Gasteiger partial charge < -0.3 is 19.6 Å². The van der Waals surface area contributed by atoms with Crippen molar-refractivity contribution in [3.63, 3.8) is 0 Å². The average Bonchev–Trinajstić information content (AvgIpc) is 3.29. The number of amides is 1. The predicted molar refractivity (Wildman–Crippen MR) is 126 cm³/mol. The molecule has 0 aromatic carbocycles. The van der Waals surface area contributed by atoms with E-state index in [1.54, 1.807) is 0 Å². The molecule has 1 amide bonds. The normalized spacial score (nSPS) is 21.5. The largest absolute Gasteiger partial charge is 0.423 e. The number of pyridine rings is 1. The summed E-state index contributed by atoms with van der Waals surface area (Å²) in [6.07, 6.45) is 12.7. The number of hydrogen-bond donors (Lipinski definition) is 2. The second-order valence-electron chi connectivity index (χ2n) is 9.35. The fraction of sp³-hybridized carbons (Fsp3) is 0.600. The van der Waals surface area contributed by atoms with Gasteiger partial charge in [0.05, 0.1) is 0 Å². The number of piperidine rings is 1. The molecule has 0 bridgehead atoms. The van der Waals surface area contributed by atoms with Gasteiger partial charge in [0.25, 0.3) is 0 Å². The van der Waals surface area contributed by atoms with Gasteiger partial charge in [0.2, 0.25) is 28.8 Å². The van der Waals surface area contributed by atoms with Crippen LogP contribution in [0.25, 0.3) is 0 Å². The number of aromatic nitrogens is 2. The number of aromatic amines is 1. The molecule has 2 aromatic rings. The van der Waals surface area contributed by atoms with Crippen LogP contribution >= 0.6 is 0 Å². The molecule has 0 atom stereocenters. The zero-order valence-electron chi connectivity index (χ0n) is 19.3. The van der Waals surface area contributed by atoms with Crippen LogP contribution in [0.5, 0.6) is 0 Å². The minimum absolute atomic E-state index is 0.148. The Hall–Kier alpha value is -3.08. The molecule has 8 heteroatoms. The van der Waals surface area contributed by atoms with E-state index in [-0.39, 0.29) is 28.9 Å². The smallest absolute Gasteiger partial charge is 0.234 e. The minimum atomic E-state index is -0.216. The zero-order chi connectivity index (χ0) is 23.2. The highest BCUT2D eigenvalue weighted by molar-refractivity contribution is 5.92. The van der Waals surface area contributed by atoms with E-state index in [0.29, 0.717) is 43.4 Å². The fourth-order valence-electron chi connectivity index (χ4n) is 5.07. The molecule has 2 aromatic heterocycles. The van der Waals surface area contributed by atoms with Crippen LogP contribution in [-0.2, 0) is 4.79 Å². The van der Waals surface area contributed by atoms with Gasteiger partial charge in [-0.15, -0.1) is 0 Å². The van der Waals surface area contributed by atoms with Gasteiger partial charge in [-0.3, -0.25) is 9.59 Å². The molecule has 0 unspecified atom stereocenters. The van der Waals surface area contributed by atoms with Crippen molar-refractivity contribution in [3.05, 3.63) is 40.3 Å². The number of nitrogens with one attached hydrogen (secondary N) is 2. The molecule has 33 heavy (non-hydrogen) atoms. The number of unbranched alkanes of at least 4 members (excludes halogenated alkanes) is 1. The SMILES string of the molecule is CCCCC1CCC(c2nc(C#N)c(N3CCC(C(=O)Nc4c[nH]ccc4=O)CC3)o2)CC1. The second kappa shape index (κ2) is 10.7. The van der Waals surface area contributed by atoms with Crippen LogP contribution in [0.1, 0.15) is 82.2 Å². The molecular formula is C25H33N5O3. The number of H-pyrrole nitrogens is 1. The summed E-state index contributed by atoms with van der Waals surface area (Å²) < 4.78 is 6.15. The number of oxazole rings is 1. The van der Waals surface area contributed by atoms with Gasteiger partial charge in [0.15, 0.2) is 0 Å². The van der Waals surface area contributed by atoms with Crippen LogP contribution in [-0.4, -0.2) is 29.0 Å². The van der Waals surface area contributed by atoms with Gasteiger partial charge in [-0.1, -0.05) is 26.2 Å². The average molecular weight is 452 g/mol. The van der Waals surface area contributed by atoms with Gasteiger partial charge in [0.1, 0.15) is 11.8 Å². The second-order valence-corrected chi connectivity index (χ2v) is 9.35. The number of hydrogen-bond acceptors (Lipinski definition) is 6. The van der Waals surface area contributed by atoms with E-state index in [0.717, 1.165) is 18.8 Å². The molecule has 2 fully saturated rings. The van der Waals surface area contributed by atoms with Crippen molar-refractivity contribution in [1.29, 1.82) is 5.26 Å². The van der Waals surface area contributed by atoms with Crippen LogP contribution in [0.3, 0.4) is 0 Å². The maximum absolute atomic E-state index is 12.6. The Labute approximate surface area is 194 Å². The van der Waals surface area contributed by atoms with Crippen LogP contribution in [0.15, 0.2) is 27.7 Å². The lowest BCUT2D eigenvalue weighted by Crippen LogP contribution is -2.38. The summed E-state index contributed by atoms with van der Waals surface area (Å²) in [6.45, 7) is 3.45. The third-order valence-corrected chi connectivity index (χ3v) is 7.13. The number of rotatable bonds is 7. The maximum atomic E-state index is 12.6. The first-order valence-electron chi connectivity index (χ1n) is 12.2. The molecule has 0 spiro atoms. The van der Waals surface area contributed by atoms with Crippen molar-refractivity contribution in [2.24, 2.45) is 11.8 Å². The topological polar surface area (TPSA) is 115 Å². The summed E-state index contributed by atoms with van der Waals surface area (Å²) in [4.78, 5) is 33.9. The Bertz CT molecular complexity index is 1040. The first-order chi connectivity index (χ1) is 16.1. The molecule has 0 radical (unpaired) electrons. The Morgan fingerprint density at radius 1 is 1.27 bits per heavy atom. The Morgan fingerprint density at radius 2 is 2.03 bits per heavy atom. The zero-order valence-corrected chi connectivity index (χ0v) is 19.3. The molecule has 1 saturated heterocycles. The van der Waals surface area contributed by atoms with E-state index in [1.807, 2.05) is 4.90 Å². The van der Waals surface area contributed by atoms with E-state index in [2.05, 4.69) is 28.3 Å². The number of nitrogens with zero attached hydrogens (tertiary/aromatic N) is 3. The first-order valence-corrected chi connectivity index (χ1v) is 12.2. The highest BCUT2D eigenvalue weighted by Crippen LogP contribution is 2.39. The Balaban J connectivity index is 1.34. The number of carbonyl (C=O) groups excluding carboxylic acids is 1. The van der Waals surface area contributed by atoms with E-state index in [4.69, 9.17) is 4.42 Å². The van der Waals surface area contributed by atoms with Crippen LogP contribution in [0, 0.1) is 23.2 Å². The molecule has 3 heterocycles. The fourth-order valence-corrected chi connectivity index (χ4v) is 5.07. The lowest BCUT2D eigenvalue weighted by atomic mass is 9.80. The molecule has 176 valence electrons. The lowest BCUT2D eigenvalue weighted by molar-refractivity contribution is -0.120. The monoisotopic (exact) mass is 451 g/mol. The first kappa shape index (κ1) is 23.1. The third-order valence-electron chi connectivity index (χ3n) is 7.13. The van der Waals surface area contributed by atoms with Crippen LogP contribution in [0.4, 0.5) is 11.6 Å². The Morgan fingerprint density at radius 3 is 2.70 bits per heavy atom. The number of anilines is 2.